The van der Waals surface area contributed by atoms with Crippen LogP contribution in [-0.4, -0.2) is 41.8 Å². The molecule has 1 heterocycles. The van der Waals surface area contributed by atoms with Gasteiger partial charge in [-0.1, -0.05) is 0 Å². The van der Waals surface area contributed by atoms with Crippen molar-refractivity contribution in [3.63, 3.8) is 0 Å². The average molecular weight is 397 g/mol. The number of nitro groups is 1. The maximum absolute atomic E-state index is 13.4. The molecule has 0 bridgehead atoms. The summed E-state index contributed by atoms with van der Waals surface area (Å²) in [6.45, 7) is -0.338. The van der Waals surface area contributed by atoms with Gasteiger partial charge in [-0.2, -0.15) is 4.31 Å². The lowest BCUT2D eigenvalue weighted by Crippen LogP contribution is -2.30. The molecule has 2 rings (SSSR count). The molecule has 0 amide bonds. The number of hydrogen-bond donors (Lipinski definition) is 1. The van der Waals surface area contributed by atoms with Gasteiger partial charge < -0.3 is 5.11 Å². The molecule has 0 radical (unpaired) electrons. The van der Waals surface area contributed by atoms with Crippen LogP contribution in [0.15, 0.2) is 21.5 Å². The van der Waals surface area contributed by atoms with E-state index in [1.807, 2.05) is 0 Å². The molecule has 0 saturated carbocycles. The third-order valence-corrected chi connectivity index (χ3v) is 5.82. The molecule has 0 aromatic heterocycles. The second-order valence-electron chi connectivity index (χ2n) is 4.68. The largest absolute Gasteiger partial charge is 0.481 e. The number of carboxylic acid groups (broad SMARTS) is 1. The molecule has 1 aromatic carbocycles. The van der Waals surface area contributed by atoms with Crippen LogP contribution in [0.25, 0.3) is 0 Å². The fourth-order valence-corrected chi connectivity index (χ4v) is 4.31. The smallest absolute Gasteiger partial charge is 0.307 e. The van der Waals surface area contributed by atoms with E-state index in [0.717, 1.165) is 10.4 Å². The van der Waals surface area contributed by atoms with Gasteiger partial charge in [-0.3, -0.25) is 14.9 Å². The van der Waals surface area contributed by atoms with Gasteiger partial charge >= 0.3 is 5.97 Å². The molecular formula is C11H10BrFN2O6S. The molecule has 8 nitrogen and oxygen atoms in total. The number of benzene rings is 1. The van der Waals surface area contributed by atoms with Crippen molar-refractivity contribution in [3.05, 3.63) is 32.5 Å². The van der Waals surface area contributed by atoms with Crippen molar-refractivity contribution in [2.24, 2.45) is 5.92 Å². The van der Waals surface area contributed by atoms with Crippen LogP contribution in [0, 0.1) is 21.8 Å². The number of hydrogen-bond acceptors (Lipinski definition) is 5. The number of rotatable bonds is 4. The van der Waals surface area contributed by atoms with Crippen molar-refractivity contribution in [2.75, 3.05) is 13.1 Å². The molecule has 0 spiro atoms. The van der Waals surface area contributed by atoms with E-state index in [9.17, 15) is 27.7 Å². The van der Waals surface area contributed by atoms with Gasteiger partial charge in [0, 0.05) is 13.1 Å². The summed E-state index contributed by atoms with van der Waals surface area (Å²) in [7, 11) is -4.29. The summed E-state index contributed by atoms with van der Waals surface area (Å²) >= 11 is 2.79. The Morgan fingerprint density at radius 3 is 2.64 bits per heavy atom. The molecule has 1 N–H and O–H groups in total. The van der Waals surface area contributed by atoms with Gasteiger partial charge in [0.05, 0.1) is 21.4 Å². The molecular weight excluding hydrogens is 387 g/mol. The predicted molar refractivity (Wildman–Crippen MR) is 75.3 cm³/mol. The molecule has 1 saturated heterocycles. The summed E-state index contributed by atoms with van der Waals surface area (Å²) < 4.78 is 39.0. The zero-order valence-corrected chi connectivity index (χ0v) is 13.3. The van der Waals surface area contributed by atoms with Crippen LogP contribution in [0.3, 0.4) is 0 Å². The van der Waals surface area contributed by atoms with Crippen LogP contribution in [0.4, 0.5) is 10.1 Å². The van der Waals surface area contributed by atoms with Gasteiger partial charge in [0.1, 0.15) is 5.82 Å². The van der Waals surface area contributed by atoms with E-state index in [1.54, 1.807) is 0 Å². The molecule has 0 aliphatic carbocycles. The average Bonchev–Trinajstić information content (AvgIpc) is 2.91. The second-order valence-corrected chi connectivity index (χ2v) is 7.44. The molecule has 1 fully saturated rings. The zero-order valence-electron chi connectivity index (χ0n) is 10.9. The van der Waals surface area contributed by atoms with Crippen LogP contribution in [-0.2, 0) is 14.8 Å². The van der Waals surface area contributed by atoms with Gasteiger partial charge in [-0.15, -0.1) is 0 Å². The van der Waals surface area contributed by atoms with Gasteiger partial charge in [0.25, 0.3) is 5.69 Å². The number of carboxylic acids is 1. The number of halogens is 2. The van der Waals surface area contributed by atoms with Crippen molar-refractivity contribution >= 4 is 37.6 Å². The van der Waals surface area contributed by atoms with Gasteiger partial charge in [-0.05, 0) is 28.4 Å². The summed E-state index contributed by atoms with van der Waals surface area (Å²) in [4.78, 5) is 20.2. The highest BCUT2D eigenvalue weighted by molar-refractivity contribution is 9.10. The van der Waals surface area contributed by atoms with Crippen molar-refractivity contribution in [1.29, 1.82) is 0 Å². The Bertz CT molecular complexity index is 753. The fraction of sp³-hybridized carbons (Fsp3) is 0.364. The monoisotopic (exact) mass is 396 g/mol. The lowest BCUT2D eigenvalue weighted by Gasteiger charge is -2.16. The van der Waals surface area contributed by atoms with Gasteiger partial charge in [0.15, 0.2) is 4.90 Å². The minimum absolute atomic E-state index is 0.0640. The lowest BCUT2D eigenvalue weighted by atomic mass is 10.1. The number of nitrogens with zero attached hydrogens (tertiary/aromatic N) is 2. The van der Waals surface area contributed by atoms with E-state index in [0.29, 0.717) is 6.07 Å². The Hall–Kier alpha value is -1.59. The number of aliphatic carboxylic acids is 1. The Morgan fingerprint density at radius 1 is 1.50 bits per heavy atom. The summed E-state index contributed by atoms with van der Waals surface area (Å²) in [5, 5.41) is 19.9. The molecule has 11 heteroatoms. The first-order chi connectivity index (χ1) is 10.1. The van der Waals surface area contributed by atoms with Gasteiger partial charge in [0.2, 0.25) is 10.0 Å². The maximum Gasteiger partial charge on any atom is 0.307 e. The van der Waals surface area contributed by atoms with Crippen molar-refractivity contribution in [1.82, 2.24) is 4.31 Å². The van der Waals surface area contributed by atoms with Crippen LogP contribution in [0.5, 0.6) is 0 Å². The topological polar surface area (TPSA) is 118 Å². The Balaban J connectivity index is 2.48. The highest BCUT2D eigenvalue weighted by Crippen LogP contribution is 2.33. The second kappa shape index (κ2) is 5.89. The van der Waals surface area contributed by atoms with Crippen molar-refractivity contribution < 1.29 is 27.6 Å². The number of nitro benzene ring substituents is 1. The molecule has 1 aromatic rings. The lowest BCUT2D eigenvalue weighted by molar-refractivity contribution is -0.388. The minimum atomic E-state index is -4.29. The first kappa shape index (κ1) is 16.8. The highest BCUT2D eigenvalue weighted by Gasteiger charge is 2.39. The Kier molecular flexibility index (Phi) is 4.49. The maximum atomic E-state index is 13.4. The molecule has 1 aliphatic rings. The van der Waals surface area contributed by atoms with E-state index in [2.05, 4.69) is 15.9 Å². The first-order valence-electron chi connectivity index (χ1n) is 6.01. The minimum Gasteiger partial charge on any atom is -0.481 e. The van der Waals surface area contributed by atoms with E-state index in [4.69, 9.17) is 5.11 Å². The fourth-order valence-electron chi connectivity index (χ4n) is 2.15. The van der Waals surface area contributed by atoms with Crippen LogP contribution < -0.4 is 0 Å². The van der Waals surface area contributed by atoms with Crippen molar-refractivity contribution in [3.8, 4) is 0 Å². The molecule has 1 unspecified atom stereocenters. The van der Waals surface area contributed by atoms with E-state index >= 15 is 0 Å². The van der Waals surface area contributed by atoms with Gasteiger partial charge in [-0.25, -0.2) is 12.8 Å². The molecule has 1 atom stereocenters. The third kappa shape index (κ3) is 2.96. The van der Waals surface area contributed by atoms with Crippen LogP contribution in [0.1, 0.15) is 6.42 Å². The molecule has 120 valence electrons. The SMILES string of the molecule is O=C(O)C1CCN(S(=O)(=O)c2cc(Br)c(F)cc2[N+](=O)[O-])C1. The normalized spacial score (nSPS) is 19.3. The predicted octanol–water partition coefficient (Wildman–Crippen LogP) is 1.59. The molecule has 1 aliphatic heterocycles. The van der Waals surface area contributed by atoms with E-state index in [1.165, 1.54) is 0 Å². The summed E-state index contributed by atoms with van der Waals surface area (Å²) in [5.74, 6) is -2.96. The standard InChI is InChI=1S/C11H10BrFN2O6S/c12-7-3-10(9(15(18)19)4-8(7)13)22(20,21)14-2-1-6(5-14)11(16)17/h3-4,6H,1-2,5H2,(H,16,17). The Labute approximate surface area is 132 Å². The van der Waals surface area contributed by atoms with Crippen LogP contribution >= 0.6 is 15.9 Å². The molecule has 22 heavy (non-hydrogen) atoms. The number of carbonyl (C=O) groups is 1. The summed E-state index contributed by atoms with van der Waals surface area (Å²) in [6.07, 6.45) is 0.116. The highest BCUT2D eigenvalue weighted by atomic mass is 79.9. The zero-order chi connectivity index (χ0) is 16.7. The first-order valence-corrected chi connectivity index (χ1v) is 8.24. The van der Waals surface area contributed by atoms with E-state index in [-0.39, 0.29) is 24.0 Å². The Morgan fingerprint density at radius 2 is 2.14 bits per heavy atom. The van der Waals surface area contributed by atoms with Crippen LogP contribution in [0.2, 0.25) is 0 Å². The van der Waals surface area contributed by atoms with E-state index < -0.39 is 43.2 Å². The quantitative estimate of drug-likeness (QED) is 0.609. The summed E-state index contributed by atoms with van der Waals surface area (Å²) in [6, 6.07) is 1.33. The number of sulfonamides is 1. The van der Waals surface area contributed by atoms with Crippen molar-refractivity contribution in [2.45, 2.75) is 11.3 Å². The third-order valence-electron chi connectivity index (χ3n) is 3.32. The summed E-state index contributed by atoms with van der Waals surface area (Å²) in [5.41, 5.74) is -0.889.